The standard InChI is InChI=1S/C25H25FN4O4/c1-2-33-18-8-5-7-15(12-18)22-28-23(34-29-22)16-10-11-19-21(13-16)27-25(32)30(24(19)31)14-17-6-3-4-9-20(17)26/h3-9,12,16,19,21H,2,10-11,13-14H2,1H3,(H,27,32). The Morgan fingerprint density at radius 2 is 2.03 bits per heavy atom. The van der Waals surface area contributed by atoms with Crippen LogP contribution in [-0.2, 0) is 11.3 Å². The molecule has 0 bridgehead atoms. The number of nitrogens with zero attached hydrogens (tertiary/aromatic N) is 3. The van der Waals surface area contributed by atoms with E-state index in [4.69, 9.17) is 9.26 Å². The highest BCUT2D eigenvalue weighted by Gasteiger charge is 2.45. The summed E-state index contributed by atoms with van der Waals surface area (Å²) < 4.78 is 25.1. The maximum Gasteiger partial charge on any atom is 0.324 e. The summed E-state index contributed by atoms with van der Waals surface area (Å²) in [5, 5.41) is 7.06. The van der Waals surface area contributed by atoms with Crippen LogP contribution in [0.2, 0.25) is 0 Å². The lowest BCUT2D eigenvalue weighted by molar-refractivity contribution is -0.137. The second-order valence-corrected chi connectivity index (χ2v) is 8.61. The van der Waals surface area contributed by atoms with Gasteiger partial charge in [0.2, 0.25) is 17.6 Å². The normalized spacial score (nSPS) is 22.3. The number of aromatic nitrogens is 2. The lowest BCUT2D eigenvalue weighted by Gasteiger charge is -2.41. The predicted octanol–water partition coefficient (Wildman–Crippen LogP) is 4.28. The molecule has 3 aromatic rings. The van der Waals surface area contributed by atoms with Crippen LogP contribution >= 0.6 is 0 Å². The van der Waals surface area contributed by atoms with Gasteiger partial charge in [0.05, 0.1) is 19.1 Å². The Bertz CT molecular complexity index is 1210. The lowest BCUT2D eigenvalue weighted by atomic mass is 9.76. The van der Waals surface area contributed by atoms with Gasteiger partial charge in [0, 0.05) is 23.1 Å². The number of urea groups is 1. The maximum atomic E-state index is 14.1. The number of benzene rings is 2. The van der Waals surface area contributed by atoms with E-state index in [-0.39, 0.29) is 30.3 Å². The van der Waals surface area contributed by atoms with Crippen molar-refractivity contribution in [1.82, 2.24) is 20.4 Å². The minimum atomic E-state index is -0.505. The van der Waals surface area contributed by atoms with Gasteiger partial charge in [-0.1, -0.05) is 35.5 Å². The van der Waals surface area contributed by atoms with Gasteiger partial charge in [0.25, 0.3) is 0 Å². The molecule has 1 saturated carbocycles. The number of halogens is 1. The largest absolute Gasteiger partial charge is 0.494 e. The molecule has 0 radical (unpaired) electrons. The number of carbonyl (C=O) groups excluding carboxylic acids is 2. The third-order valence-electron chi connectivity index (χ3n) is 6.47. The summed E-state index contributed by atoms with van der Waals surface area (Å²) in [5.41, 5.74) is 1.10. The van der Waals surface area contributed by atoms with Crippen LogP contribution in [0.15, 0.2) is 53.1 Å². The van der Waals surface area contributed by atoms with Gasteiger partial charge in [-0.25, -0.2) is 9.18 Å². The van der Waals surface area contributed by atoms with Gasteiger partial charge in [-0.3, -0.25) is 9.69 Å². The quantitative estimate of drug-likeness (QED) is 0.585. The second-order valence-electron chi connectivity index (χ2n) is 8.61. The molecule has 1 N–H and O–H groups in total. The molecule has 0 spiro atoms. The molecule has 3 amide bonds. The summed E-state index contributed by atoms with van der Waals surface area (Å²) in [7, 11) is 0. The molecule has 1 aromatic heterocycles. The lowest BCUT2D eigenvalue weighted by Crippen LogP contribution is -2.61. The Hall–Kier alpha value is -3.75. The average molecular weight is 464 g/mol. The number of imide groups is 1. The molecule has 2 aliphatic rings. The van der Waals surface area contributed by atoms with Crippen LogP contribution in [0.25, 0.3) is 11.4 Å². The van der Waals surface area contributed by atoms with E-state index in [0.717, 1.165) is 16.2 Å². The van der Waals surface area contributed by atoms with Crippen LogP contribution in [0.5, 0.6) is 5.75 Å². The molecule has 1 aliphatic carbocycles. The minimum Gasteiger partial charge on any atom is -0.494 e. The predicted molar refractivity (Wildman–Crippen MR) is 120 cm³/mol. The van der Waals surface area contributed by atoms with E-state index in [0.29, 0.717) is 43.1 Å². The van der Waals surface area contributed by atoms with Gasteiger partial charge in [-0.2, -0.15) is 4.98 Å². The van der Waals surface area contributed by atoms with Crippen molar-refractivity contribution >= 4 is 11.9 Å². The van der Waals surface area contributed by atoms with Crippen LogP contribution in [-0.4, -0.2) is 39.6 Å². The number of carbonyl (C=O) groups is 2. The van der Waals surface area contributed by atoms with E-state index in [9.17, 15) is 14.0 Å². The number of amides is 3. The number of ether oxygens (including phenoxy) is 1. The smallest absolute Gasteiger partial charge is 0.324 e. The first-order valence-corrected chi connectivity index (χ1v) is 11.5. The molecule has 34 heavy (non-hydrogen) atoms. The van der Waals surface area contributed by atoms with E-state index in [1.165, 1.54) is 6.07 Å². The first-order chi connectivity index (χ1) is 16.5. The van der Waals surface area contributed by atoms with Crippen molar-refractivity contribution in [3.63, 3.8) is 0 Å². The van der Waals surface area contributed by atoms with Crippen molar-refractivity contribution in [3.8, 4) is 17.1 Å². The van der Waals surface area contributed by atoms with Crippen molar-refractivity contribution in [2.24, 2.45) is 5.92 Å². The molecule has 9 heteroatoms. The van der Waals surface area contributed by atoms with Gasteiger partial charge in [0.15, 0.2) is 0 Å². The molecule has 2 heterocycles. The SMILES string of the molecule is CCOc1cccc(-c2noc(C3CCC4C(=O)N(Cc5ccccc5F)C(=O)NC4C3)n2)c1. The summed E-state index contributed by atoms with van der Waals surface area (Å²) >= 11 is 0. The van der Waals surface area contributed by atoms with E-state index >= 15 is 0 Å². The fourth-order valence-corrected chi connectivity index (χ4v) is 4.74. The summed E-state index contributed by atoms with van der Waals surface area (Å²) in [6.07, 6.45) is 1.77. The molecule has 1 aliphatic heterocycles. The van der Waals surface area contributed by atoms with Crippen molar-refractivity contribution in [1.29, 1.82) is 0 Å². The number of fused-ring (bicyclic) bond motifs is 1. The highest BCUT2D eigenvalue weighted by molar-refractivity contribution is 5.98. The van der Waals surface area contributed by atoms with Crippen molar-refractivity contribution in [2.75, 3.05) is 6.61 Å². The fraction of sp³-hybridized carbons (Fsp3) is 0.360. The maximum absolute atomic E-state index is 14.1. The van der Waals surface area contributed by atoms with E-state index < -0.39 is 11.8 Å². The molecule has 176 valence electrons. The highest BCUT2D eigenvalue weighted by atomic mass is 19.1. The molecule has 5 rings (SSSR count). The molecule has 1 saturated heterocycles. The van der Waals surface area contributed by atoms with E-state index in [1.807, 2.05) is 31.2 Å². The van der Waals surface area contributed by atoms with Crippen molar-refractivity contribution in [2.45, 2.75) is 44.7 Å². The summed E-state index contributed by atoms with van der Waals surface area (Å²) in [6, 6.07) is 12.8. The molecule has 3 unspecified atom stereocenters. The van der Waals surface area contributed by atoms with E-state index in [2.05, 4.69) is 15.5 Å². The third kappa shape index (κ3) is 4.25. The second kappa shape index (κ2) is 9.24. The third-order valence-corrected chi connectivity index (χ3v) is 6.47. The Morgan fingerprint density at radius 1 is 1.18 bits per heavy atom. The van der Waals surface area contributed by atoms with Crippen LogP contribution < -0.4 is 10.1 Å². The van der Waals surface area contributed by atoms with Crippen molar-refractivity contribution < 1.29 is 23.2 Å². The number of rotatable bonds is 6. The average Bonchev–Trinajstić information content (AvgIpc) is 3.33. The molecular weight excluding hydrogens is 439 g/mol. The minimum absolute atomic E-state index is 0.0659. The summed E-state index contributed by atoms with van der Waals surface area (Å²) in [6.45, 7) is 2.40. The van der Waals surface area contributed by atoms with Gasteiger partial charge in [-0.15, -0.1) is 0 Å². The molecular formula is C25H25FN4O4. The van der Waals surface area contributed by atoms with Crippen LogP contribution in [0.1, 0.15) is 43.6 Å². The van der Waals surface area contributed by atoms with Gasteiger partial charge in [0.1, 0.15) is 11.6 Å². The van der Waals surface area contributed by atoms with Gasteiger partial charge >= 0.3 is 6.03 Å². The first kappa shape index (κ1) is 22.1. The summed E-state index contributed by atoms with van der Waals surface area (Å²) in [5.74, 6) is 0.566. The van der Waals surface area contributed by atoms with Crippen molar-refractivity contribution in [3.05, 3.63) is 65.8 Å². The molecule has 3 atom stereocenters. The monoisotopic (exact) mass is 464 g/mol. The molecule has 8 nitrogen and oxygen atoms in total. The van der Waals surface area contributed by atoms with E-state index in [1.54, 1.807) is 18.2 Å². The topological polar surface area (TPSA) is 97.6 Å². The zero-order chi connectivity index (χ0) is 23.7. The highest BCUT2D eigenvalue weighted by Crippen LogP contribution is 2.38. The van der Waals surface area contributed by atoms with Crippen LogP contribution in [0.3, 0.4) is 0 Å². The van der Waals surface area contributed by atoms with Crippen LogP contribution in [0, 0.1) is 11.7 Å². The number of nitrogens with one attached hydrogen (secondary N) is 1. The van der Waals surface area contributed by atoms with Gasteiger partial charge in [-0.05, 0) is 44.4 Å². The Labute approximate surface area is 196 Å². The zero-order valence-corrected chi connectivity index (χ0v) is 18.7. The Morgan fingerprint density at radius 3 is 2.85 bits per heavy atom. The fourth-order valence-electron chi connectivity index (χ4n) is 4.74. The molecule has 2 fully saturated rings. The van der Waals surface area contributed by atoms with Crippen LogP contribution in [0.4, 0.5) is 9.18 Å². The molecule has 2 aromatic carbocycles. The van der Waals surface area contributed by atoms with Gasteiger partial charge < -0.3 is 14.6 Å². The Balaban J connectivity index is 1.28. The first-order valence-electron chi connectivity index (χ1n) is 11.5. The number of hydrogen-bond acceptors (Lipinski definition) is 6. The Kier molecular flexibility index (Phi) is 6.00. The zero-order valence-electron chi connectivity index (χ0n) is 18.7. The number of hydrogen-bond donors (Lipinski definition) is 1. The summed E-state index contributed by atoms with van der Waals surface area (Å²) in [4.78, 5) is 31.5.